The van der Waals surface area contributed by atoms with Gasteiger partial charge < -0.3 is 15.0 Å². The minimum Gasteiger partial charge on any atom is -0.494 e. The molecule has 7 nitrogen and oxygen atoms in total. The molecule has 7 heteroatoms. The highest BCUT2D eigenvalue weighted by molar-refractivity contribution is 5.95. The van der Waals surface area contributed by atoms with Gasteiger partial charge in [0.05, 0.1) is 18.4 Å². The molecular weight excluding hydrogens is 368 g/mol. The molecule has 0 radical (unpaired) electrons. The summed E-state index contributed by atoms with van der Waals surface area (Å²) >= 11 is 0. The molecule has 156 valence electrons. The number of amides is 2. The summed E-state index contributed by atoms with van der Waals surface area (Å²) in [6, 6.07) is 7.32. The third-order valence-electron chi connectivity index (χ3n) is 4.98. The van der Waals surface area contributed by atoms with Crippen LogP contribution < -0.4 is 10.1 Å². The van der Waals surface area contributed by atoms with Gasteiger partial charge in [-0.1, -0.05) is 13.8 Å². The summed E-state index contributed by atoms with van der Waals surface area (Å²) in [6.07, 6.45) is 4.89. The SMILES string of the molecule is CCOc1ccc(C(=O)N2CCC(NC(=O)c3cnn(CC(C)C)c3)CC2)cc1. The van der Waals surface area contributed by atoms with Crippen molar-refractivity contribution in [3.8, 4) is 5.75 Å². The third kappa shape index (κ3) is 5.59. The average molecular weight is 399 g/mol. The van der Waals surface area contributed by atoms with E-state index in [1.807, 2.05) is 24.0 Å². The van der Waals surface area contributed by atoms with Crippen molar-refractivity contribution in [2.75, 3.05) is 19.7 Å². The molecule has 0 unspecified atom stereocenters. The number of nitrogens with zero attached hydrogens (tertiary/aromatic N) is 3. The first-order valence-corrected chi connectivity index (χ1v) is 10.3. The van der Waals surface area contributed by atoms with Gasteiger partial charge in [0.2, 0.25) is 0 Å². The lowest BCUT2D eigenvalue weighted by Crippen LogP contribution is -2.46. The number of hydrogen-bond acceptors (Lipinski definition) is 4. The van der Waals surface area contributed by atoms with E-state index in [4.69, 9.17) is 4.74 Å². The zero-order valence-corrected chi connectivity index (χ0v) is 17.4. The third-order valence-corrected chi connectivity index (χ3v) is 4.98. The quantitative estimate of drug-likeness (QED) is 0.778. The zero-order valence-electron chi connectivity index (χ0n) is 17.4. The number of benzene rings is 1. The lowest BCUT2D eigenvalue weighted by atomic mass is 10.0. The molecule has 0 spiro atoms. The van der Waals surface area contributed by atoms with Crippen molar-refractivity contribution in [2.24, 2.45) is 5.92 Å². The van der Waals surface area contributed by atoms with Crippen molar-refractivity contribution in [1.29, 1.82) is 0 Å². The van der Waals surface area contributed by atoms with Crippen molar-refractivity contribution >= 4 is 11.8 Å². The van der Waals surface area contributed by atoms with Crippen LogP contribution in [0.5, 0.6) is 5.75 Å². The maximum Gasteiger partial charge on any atom is 0.254 e. The zero-order chi connectivity index (χ0) is 20.8. The summed E-state index contributed by atoms with van der Waals surface area (Å²) < 4.78 is 7.23. The molecular formula is C22H30N4O3. The van der Waals surface area contributed by atoms with Gasteiger partial charge in [-0.25, -0.2) is 0 Å². The van der Waals surface area contributed by atoms with Crippen LogP contribution in [0, 0.1) is 5.92 Å². The summed E-state index contributed by atoms with van der Waals surface area (Å²) in [5, 5.41) is 7.33. The Labute approximate surface area is 172 Å². The van der Waals surface area contributed by atoms with E-state index < -0.39 is 0 Å². The van der Waals surface area contributed by atoms with Crippen molar-refractivity contribution in [3.05, 3.63) is 47.8 Å². The number of hydrogen-bond donors (Lipinski definition) is 1. The Morgan fingerprint density at radius 3 is 2.48 bits per heavy atom. The topological polar surface area (TPSA) is 76.5 Å². The standard InChI is InChI=1S/C22H30N4O3/c1-4-29-20-7-5-17(6-8-20)22(28)25-11-9-19(10-12-25)24-21(27)18-13-23-26(15-18)14-16(2)3/h5-8,13,15-16,19H,4,9-12,14H2,1-3H3,(H,24,27). The van der Waals surface area contributed by atoms with Gasteiger partial charge in [0.15, 0.2) is 0 Å². The number of carbonyl (C=O) groups excluding carboxylic acids is 2. The summed E-state index contributed by atoms with van der Waals surface area (Å²) in [4.78, 5) is 27.0. The molecule has 0 saturated carbocycles. The molecule has 2 amide bonds. The first-order valence-electron chi connectivity index (χ1n) is 10.3. The highest BCUT2D eigenvalue weighted by Crippen LogP contribution is 2.17. The van der Waals surface area contributed by atoms with Gasteiger partial charge in [-0.2, -0.15) is 5.10 Å². The molecule has 1 N–H and O–H groups in total. The Hall–Kier alpha value is -2.83. The highest BCUT2D eigenvalue weighted by atomic mass is 16.5. The number of ether oxygens (including phenoxy) is 1. The first-order chi connectivity index (χ1) is 14.0. The van der Waals surface area contributed by atoms with Crippen LogP contribution in [-0.4, -0.2) is 52.2 Å². The highest BCUT2D eigenvalue weighted by Gasteiger charge is 2.25. The molecule has 1 aromatic carbocycles. The summed E-state index contributed by atoms with van der Waals surface area (Å²) in [7, 11) is 0. The molecule has 1 saturated heterocycles. The van der Waals surface area contributed by atoms with Gasteiger partial charge in [0.25, 0.3) is 11.8 Å². The molecule has 1 fully saturated rings. The van der Waals surface area contributed by atoms with E-state index in [9.17, 15) is 9.59 Å². The van der Waals surface area contributed by atoms with Crippen LogP contribution in [0.3, 0.4) is 0 Å². The van der Waals surface area contributed by atoms with E-state index in [0.717, 1.165) is 25.1 Å². The van der Waals surface area contributed by atoms with Crippen LogP contribution in [0.25, 0.3) is 0 Å². The van der Waals surface area contributed by atoms with Crippen molar-refractivity contribution in [2.45, 2.75) is 46.2 Å². The second-order valence-corrected chi connectivity index (χ2v) is 7.84. The Morgan fingerprint density at radius 1 is 1.17 bits per heavy atom. The summed E-state index contributed by atoms with van der Waals surface area (Å²) in [5.74, 6) is 1.16. The second-order valence-electron chi connectivity index (χ2n) is 7.84. The fourth-order valence-electron chi connectivity index (χ4n) is 3.49. The predicted molar refractivity (Wildman–Crippen MR) is 111 cm³/mol. The number of nitrogens with one attached hydrogen (secondary N) is 1. The normalized spacial score (nSPS) is 14.8. The molecule has 0 aliphatic carbocycles. The van der Waals surface area contributed by atoms with Gasteiger partial charge in [-0.05, 0) is 49.9 Å². The maximum absolute atomic E-state index is 12.7. The fraction of sp³-hybridized carbons (Fsp3) is 0.500. The molecule has 0 bridgehead atoms. The Balaban J connectivity index is 1.49. The number of piperidine rings is 1. The number of carbonyl (C=O) groups is 2. The van der Waals surface area contributed by atoms with Crippen molar-refractivity contribution in [3.63, 3.8) is 0 Å². The largest absolute Gasteiger partial charge is 0.494 e. The number of aromatic nitrogens is 2. The summed E-state index contributed by atoms with van der Waals surface area (Å²) in [5.41, 5.74) is 1.24. The Morgan fingerprint density at radius 2 is 1.86 bits per heavy atom. The van der Waals surface area contributed by atoms with E-state index in [1.165, 1.54) is 0 Å². The van der Waals surface area contributed by atoms with Crippen LogP contribution in [0.1, 0.15) is 54.3 Å². The Kier molecular flexibility index (Phi) is 6.90. The van der Waals surface area contributed by atoms with E-state index in [0.29, 0.717) is 36.7 Å². The van der Waals surface area contributed by atoms with Gasteiger partial charge in [-0.3, -0.25) is 14.3 Å². The molecule has 1 aliphatic rings. The predicted octanol–water partition coefficient (Wildman–Crippen LogP) is 2.97. The van der Waals surface area contributed by atoms with E-state index in [2.05, 4.69) is 24.3 Å². The van der Waals surface area contributed by atoms with E-state index in [1.54, 1.807) is 29.2 Å². The smallest absolute Gasteiger partial charge is 0.254 e. The van der Waals surface area contributed by atoms with E-state index >= 15 is 0 Å². The van der Waals surface area contributed by atoms with Crippen LogP contribution >= 0.6 is 0 Å². The molecule has 0 atom stereocenters. The summed E-state index contributed by atoms with van der Waals surface area (Å²) in [6.45, 7) is 8.81. The Bertz CT molecular complexity index is 821. The van der Waals surface area contributed by atoms with Crippen LogP contribution in [0.2, 0.25) is 0 Å². The lowest BCUT2D eigenvalue weighted by Gasteiger charge is -2.32. The van der Waals surface area contributed by atoms with Crippen LogP contribution in [-0.2, 0) is 6.54 Å². The fourth-order valence-corrected chi connectivity index (χ4v) is 3.49. The molecule has 2 heterocycles. The van der Waals surface area contributed by atoms with Gasteiger partial charge in [0, 0.05) is 37.4 Å². The van der Waals surface area contributed by atoms with Gasteiger partial charge in [-0.15, -0.1) is 0 Å². The average Bonchev–Trinajstić information content (AvgIpc) is 3.17. The molecule has 2 aromatic rings. The molecule has 1 aliphatic heterocycles. The molecule has 3 rings (SSSR count). The van der Waals surface area contributed by atoms with Crippen LogP contribution in [0.4, 0.5) is 0 Å². The maximum atomic E-state index is 12.7. The monoisotopic (exact) mass is 398 g/mol. The minimum absolute atomic E-state index is 0.0211. The van der Waals surface area contributed by atoms with Crippen molar-refractivity contribution in [1.82, 2.24) is 20.0 Å². The molecule has 1 aromatic heterocycles. The lowest BCUT2D eigenvalue weighted by molar-refractivity contribution is 0.0698. The van der Waals surface area contributed by atoms with E-state index in [-0.39, 0.29) is 17.9 Å². The van der Waals surface area contributed by atoms with Gasteiger partial charge >= 0.3 is 0 Å². The first kappa shape index (κ1) is 20.9. The number of rotatable bonds is 7. The minimum atomic E-state index is -0.101. The van der Waals surface area contributed by atoms with Crippen molar-refractivity contribution < 1.29 is 14.3 Å². The second kappa shape index (κ2) is 9.58. The van der Waals surface area contributed by atoms with Crippen LogP contribution in [0.15, 0.2) is 36.7 Å². The van der Waals surface area contributed by atoms with Gasteiger partial charge in [0.1, 0.15) is 5.75 Å². The molecule has 29 heavy (non-hydrogen) atoms. The number of likely N-dealkylation sites (tertiary alicyclic amines) is 1.